The Morgan fingerprint density at radius 2 is 2.00 bits per heavy atom. The summed E-state index contributed by atoms with van der Waals surface area (Å²) in [6, 6.07) is 13.9. The van der Waals surface area contributed by atoms with Gasteiger partial charge < -0.3 is 10.5 Å². The van der Waals surface area contributed by atoms with Crippen molar-refractivity contribution in [1.29, 1.82) is 0 Å². The molecular weight excluding hydrogens is 364 g/mol. The molecule has 0 fully saturated rings. The van der Waals surface area contributed by atoms with E-state index in [1.54, 1.807) is 17.1 Å². The van der Waals surface area contributed by atoms with Crippen molar-refractivity contribution >= 4 is 27.5 Å². The van der Waals surface area contributed by atoms with Crippen molar-refractivity contribution in [2.75, 3.05) is 5.73 Å². The molecule has 7 heteroatoms. The zero-order valence-electron chi connectivity index (χ0n) is 16.1. The fourth-order valence-corrected chi connectivity index (χ4v) is 3.64. The number of aromatic nitrogens is 5. The number of aryl methyl sites for hydroxylation is 1. The lowest BCUT2D eigenvalue weighted by molar-refractivity contribution is 0.229. The molecule has 3 N–H and O–H groups in total. The molecule has 0 saturated heterocycles. The van der Waals surface area contributed by atoms with Crippen LogP contribution in [0.4, 0.5) is 5.69 Å². The number of nitrogens with two attached hydrogens (primary N) is 1. The van der Waals surface area contributed by atoms with E-state index in [9.17, 15) is 0 Å². The topological polar surface area (TPSA) is 94.6 Å². The van der Waals surface area contributed by atoms with Crippen LogP contribution in [0.25, 0.3) is 33.1 Å². The first kappa shape index (κ1) is 17.2. The minimum Gasteiger partial charge on any atom is -0.486 e. The normalized spacial score (nSPS) is 12.5. The number of rotatable bonds is 4. The summed E-state index contributed by atoms with van der Waals surface area (Å²) < 4.78 is 8.05. The predicted octanol–water partition coefficient (Wildman–Crippen LogP) is 4.23. The van der Waals surface area contributed by atoms with E-state index in [0.29, 0.717) is 5.69 Å². The molecular formula is C22H20N6O. The second kappa shape index (κ2) is 6.63. The number of hydrogen-bond acceptors (Lipinski definition) is 5. The van der Waals surface area contributed by atoms with Gasteiger partial charge in [-0.25, -0.2) is 0 Å². The Hall–Kier alpha value is -3.87. The van der Waals surface area contributed by atoms with Gasteiger partial charge in [0.15, 0.2) is 0 Å². The number of aromatic amines is 1. The van der Waals surface area contributed by atoms with Gasteiger partial charge in [0, 0.05) is 35.1 Å². The van der Waals surface area contributed by atoms with Gasteiger partial charge in [0.25, 0.3) is 0 Å². The van der Waals surface area contributed by atoms with Gasteiger partial charge >= 0.3 is 0 Å². The summed E-state index contributed by atoms with van der Waals surface area (Å²) in [6.45, 7) is 2.03. The highest BCUT2D eigenvalue weighted by Gasteiger charge is 2.15. The minimum atomic E-state index is -0.173. The number of H-pyrrole nitrogens is 1. The molecule has 5 rings (SSSR count). The highest BCUT2D eigenvalue weighted by atomic mass is 16.5. The minimum absolute atomic E-state index is 0.173. The number of pyridine rings is 1. The third-order valence-corrected chi connectivity index (χ3v) is 5.04. The van der Waals surface area contributed by atoms with Crippen LogP contribution in [-0.4, -0.2) is 25.0 Å². The first-order chi connectivity index (χ1) is 14.1. The summed E-state index contributed by atoms with van der Waals surface area (Å²) in [4.78, 5) is 4.41. The third-order valence-electron chi connectivity index (χ3n) is 5.04. The van der Waals surface area contributed by atoms with Gasteiger partial charge in [-0.2, -0.15) is 10.2 Å². The van der Waals surface area contributed by atoms with Crippen LogP contribution in [-0.2, 0) is 7.05 Å². The van der Waals surface area contributed by atoms with E-state index >= 15 is 0 Å². The number of fused-ring (bicyclic) bond motifs is 2. The molecule has 0 aliphatic carbocycles. The number of nitrogens with zero attached hydrogens (tertiary/aromatic N) is 4. The van der Waals surface area contributed by atoms with Crippen molar-refractivity contribution < 1.29 is 4.74 Å². The molecule has 0 saturated carbocycles. The molecule has 0 aliphatic rings. The number of nitrogens with one attached hydrogen (secondary N) is 1. The number of anilines is 1. The van der Waals surface area contributed by atoms with E-state index in [4.69, 9.17) is 10.5 Å². The van der Waals surface area contributed by atoms with Crippen LogP contribution in [0.2, 0.25) is 0 Å². The first-order valence-electron chi connectivity index (χ1n) is 9.36. The summed E-state index contributed by atoms with van der Waals surface area (Å²) in [5, 5.41) is 13.8. The lowest BCUT2D eigenvalue weighted by Gasteiger charge is -2.17. The molecule has 0 aliphatic heterocycles. The summed E-state index contributed by atoms with van der Waals surface area (Å²) in [7, 11) is 1.89. The van der Waals surface area contributed by atoms with Gasteiger partial charge in [-0.15, -0.1) is 0 Å². The average molecular weight is 384 g/mol. The zero-order valence-corrected chi connectivity index (χ0v) is 16.1. The van der Waals surface area contributed by atoms with E-state index in [1.165, 1.54) is 0 Å². The largest absolute Gasteiger partial charge is 0.486 e. The molecule has 29 heavy (non-hydrogen) atoms. The second-order valence-electron chi connectivity index (χ2n) is 7.12. The van der Waals surface area contributed by atoms with Crippen molar-refractivity contribution in [3.8, 4) is 17.0 Å². The van der Waals surface area contributed by atoms with Crippen LogP contribution in [0, 0.1) is 0 Å². The van der Waals surface area contributed by atoms with Gasteiger partial charge in [-0.1, -0.05) is 12.1 Å². The highest BCUT2D eigenvalue weighted by Crippen LogP contribution is 2.32. The maximum Gasteiger partial charge on any atom is 0.122 e. The molecule has 0 radical (unpaired) electrons. The van der Waals surface area contributed by atoms with Crippen LogP contribution in [0.1, 0.15) is 18.6 Å². The van der Waals surface area contributed by atoms with Crippen molar-refractivity contribution in [2.24, 2.45) is 7.05 Å². The van der Waals surface area contributed by atoms with E-state index in [0.717, 1.165) is 44.4 Å². The van der Waals surface area contributed by atoms with E-state index in [1.807, 2.05) is 62.6 Å². The molecule has 5 aromatic rings. The lowest BCUT2D eigenvalue weighted by Crippen LogP contribution is -2.04. The lowest BCUT2D eigenvalue weighted by atomic mass is 10.0. The smallest absolute Gasteiger partial charge is 0.122 e. The fourth-order valence-electron chi connectivity index (χ4n) is 3.64. The first-order valence-corrected chi connectivity index (χ1v) is 9.36. The molecule has 3 aromatic heterocycles. The van der Waals surface area contributed by atoms with Crippen LogP contribution < -0.4 is 10.5 Å². The van der Waals surface area contributed by atoms with Crippen molar-refractivity contribution in [3.05, 3.63) is 66.6 Å². The van der Waals surface area contributed by atoms with Crippen LogP contribution >= 0.6 is 0 Å². The second-order valence-corrected chi connectivity index (χ2v) is 7.12. The van der Waals surface area contributed by atoms with Crippen molar-refractivity contribution in [2.45, 2.75) is 13.0 Å². The molecule has 0 bridgehead atoms. The van der Waals surface area contributed by atoms with Crippen LogP contribution in [0.5, 0.6) is 5.75 Å². The highest BCUT2D eigenvalue weighted by molar-refractivity contribution is 5.93. The molecule has 0 amide bonds. The van der Waals surface area contributed by atoms with E-state index in [-0.39, 0.29) is 6.10 Å². The van der Waals surface area contributed by atoms with Gasteiger partial charge in [-0.3, -0.25) is 14.8 Å². The maximum absolute atomic E-state index is 6.29. The maximum atomic E-state index is 6.29. The Bertz CT molecular complexity index is 1340. The van der Waals surface area contributed by atoms with E-state index in [2.05, 4.69) is 20.3 Å². The number of hydrogen-bond donors (Lipinski definition) is 2. The van der Waals surface area contributed by atoms with Gasteiger partial charge in [0.1, 0.15) is 17.5 Å². The van der Waals surface area contributed by atoms with Crippen LogP contribution in [0.15, 0.2) is 61.1 Å². The molecule has 2 aromatic carbocycles. The average Bonchev–Trinajstić information content (AvgIpc) is 3.33. The van der Waals surface area contributed by atoms with E-state index < -0.39 is 0 Å². The molecule has 1 unspecified atom stereocenters. The van der Waals surface area contributed by atoms with Gasteiger partial charge in [0.05, 0.1) is 29.1 Å². The molecule has 1 atom stereocenters. The van der Waals surface area contributed by atoms with Gasteiger partial charge in [-0.05, 0) is 37.3 Å². The quantitative estimate of drug-likeness (QED) is 0.483. The standard InChI is InChI=1S/C22H20N6O/c1-13(17-4-3-5-20-18(17)8-15(23)11-24-20)29-16-6-7-21-19(9-16)22(27-26-21)14-10-25-28(2)12-14/h3-13H,23H2,1-2H3,(H,26,27). The Labute approximate surface area is 167 Å². The molecule has 0 spiro atoms. The Morgan fingerprint density at radius 1 is 1.10 bits per heavy atom. The Balaban J connectivity index is 1.51. The third kappa shape index (κ3) is 3.06. The molecule has 144 valence electrons. The number of benzene rings is 2. The SMILES string of the molecule is CC(Oc1ccc2[nH]nc(-c3cnn(C)c3)c2c1)c1cccc2ncc(N)cc12. The van der Waals surface area contributed by atoms with Crippen molar-refractivity contribution in [3.63, 3.8) is 0 Å². The summed E-state index contributed by atoms with van der Waals surface area (Å²) >= 11 is 0. The molecule has 3 heterocycles. The van der Waals surface area contributed by atoms with Crippen molar-refractivity contribution in [1.82, 2.24) is 25.0 Å². The Morgan fingerprint density at radius 3 is 2.83 bits per heavy atom. The zero-order chi connectivity index (χ0) is 20.0. The number of nitrogen functional groups attached to an aromatic ring is 1. The molecule has 7 nitrogen and oxygen atoms in total. The fraction of sp³-hybridized carbons (Fsp3) is 0.136. The number of ether oxygens (including phenoxy) is 1. The summed E-state index contributed by atoms with van der Waals surface area (Å²) in [5.41, 5.74) is 11.3. The predicted molar refractivity (Wildman–Crippen MR) is 113 cm³/mol. The van der Waals surface area contributed by atoms with Crippen LogP contribution in [0.3, 0.4) is 0 Å². The van der Waals surface area contributed by atoms with Gasteiger partial charge in [0.2, 0.25) is 0 Å². The monoisotopic (exact) mass is 384 g/mol. The Kier molecular flexibility index (Phi) is 3.94. The summed E-state index contributed by atoms with van der Waals surface area (Å²) in [5.74, 6) is 0.769. The summed E-state index contributed by atoms with van der Waals surface area (Å²) in [6.07, 6.45) is 5.25.